The number of hydrogen-bond donors (Lipinski definition) is 4. The fourth-order valence-corrected chi connectivity index (χ4v) is 5.54. The van der Waals surface area contributed by atoms with Crippen LogP contribution in [0.2, 0.25) is 0 Å². The van der Waals surface area contributed by atoms with Gasteiger partial charge in [-0.2, -0.15) is 13.2 Å². The summed E-state index contributed by atoms with van der Waals surface area (Å²) in [7, 11) is 0. The highest BCUT2D eigenvalue weighted by Crippen LogP contribution is 2.33. The van der Waals surface area contributed by atoms with Crippen molar-refractivity contribution >= 4 is 81.6 Å². The van der Waals surface area contributed by atoms with E-state index < -0.39 is 93.2 Å². The van der Waals surface area contributed by atoms with Crippen molar-refractivity contribution < 1.29 is 46.6 Å². The predicted octanol–water partition coefficient (Wildman–Crippen LogP) is 6.46. The van der Waals surface area contributed by atoms with Gasteiger partial charge in [-0.1, -0.05) is 79.0 Å². The molecule has 0 spiro atoms. The van der Waals surface area contributed by atoms with Crippen molar-refractivity contribution in [1.29, 1.82) is 0 Å². The average Bonchev–Trinajstić information content (AvgIpc) is 3.08. The molecule has 1 unspecified atom stereocenters. The smallest absolute Gasteiger partial charge is 0.414 e. The van der Waals surface area contributed by atoms with Crippen LogP contribution >= 0.6 is 34.8 Å². The van der Waals surface area contributed by atoms with E-state index in [4.69, 9.17) is 44.3 Å². The summed E-state index contributed by atoms with van der Waals surface area (Å²) >= 11 is 17.0. The van der Waals surface area contributed by atoms with Crippen molar-refractivity contribution in [2.75, 3.05) is 13.2 Å². The van der Waals surface area contributed by atoms with Crippen LogP contribution in [0.1, 0.15) is 85.5 Å². The number of fused-ring (bicyclic) bond motifs is 1. The number of amides is 4. The Morgan fingerprint density at radius 1 is 0.982 bits per heavy atom. The summed E-state index contributed by atoms with van der Waals surface area (Å²) in [4.78, 5) is 69.0. The summed E-state index contributed by atoms with van der Waals surface area (Å²) in [5.74, 6) is -2.76. The lowest BCUT2D eigenvalue weighted by Gasteiger charge is -2.35. The van der Waals surface area contributed by atoms with Gasteiger partial charge >= 0.3 is 18.2 Å². The van der Waals surface area contributed by atoms with Gasteiger partial charge in [-0.05, 0) is 78.0 Å². The number of hydrogen-bond acceptors (Lipinski definition) is 9. The second kappa shape index (κ2) is 18.6. The standard InChI is InChI=1S/C37H48Cl3F3N6O7/c1-20(2)27(29(50)44-21(3)30(51)49-17-9-10-25(48-49)31(52)55-19-36(38,39)40)46-32(53)35(7,8)16-15-22-11-12-23-13-14-24(45-26(23)18-22)28(37(41,42)43)47-33(54)56-34(4,5)6/h11-16,18,20-21,25,27-28,48H,9-10,17,19H2,1-8H3,(H,44,50)(H,46,53)(H,47,54)/b16-15+/t21-,25-,27-,28?/m0/s1. The number of aromatic nitrogens is 1. The zero-order valence-corrected chi connectivity index (χ0v) is 34.5. The summed E-state index contributed by atoms with van der Waals surface area (Å²) in [6.07, 6.45) is -2.11. The SMILES string of the molecule is CC(C)[C@H](NC(=O)C(C)(C)/C=C/c1ccc2ccc(C(NC(=O)OC(C)(C)C)C(F)(F)F)nc2c1)C(=O)N[C@@H](C)C(=O)N1CCC[C@@H](C(=O)OCC(Cl)(Cl)Cl)N1. The molecule has 1 aliphatic rings. The molecule has 4 N–H and O–H groups in total. The Kier molecular flexibility index (Phi) is 15.5. The van der Waals surface area contributed by atoms with Gasteiger partial charge < -0.3 is 25.4 Å². The van der Waals surface area contributed by atoms with Crippen LogP contribution in [-0.4, -0.2) is 86.6 Å². The van der Waals surface area contributed by atoms with Crippen LogP contribution in [0.5, 0.6) is 0 Å². The molecular weight excluding hydrogens is 804 g/mol. The molecule has 0 aliphatic carbocycles. The molecule has 4 amide bonds. The third-order valence-corrected chi connectivity index (χ3v) is 8.71. The van der Waals surface area contributed by atoms with Crippen molar-refractivity contribution in [3.05, 3.63) is 47.7 Å². The number of ether oxygens (including phenoxy) is 2. The first-order valence-electron chi connectivity index (χ1n) is 17.8. The van der Waals surface area contributed by atoms with Crippen LogP contribution < -0.4 is 21.4 Å². The number of carbonyl (C=O) groups excluding carboxylic acids is 5. The number of alkyl carbamates (subject to hydrolysis) is 1. The zero-order valence-electron chi connectivity index (χ0n) is 32.3. The Labute approximate surface area is 338 Å². The molecule has 4 atom stereocenters. The fraction of sp³-hybridized carbons (Fsp3) is 0.568. The van der Waals surface area contributed by atoms with Crippen LogP contribution in [0.25, 0.3) is 17.0 Å². The number of nitrogens with one attached hydrogen (secondary N) is 4. The highest BCUT2D eigenvalue weighted by Gasteiger charge is 2.44. The lowest BCUT2D eigenvalue weighted by molar-refractivity contribution is -0.157. The molecule has 1 saturated heterocycles. The van der Waals surface area contributed by atoms with E-state index >= 15 is 0 Å². The third kappa shape index (κ3) is 14.0. The van der Waals surface area contributed by atoms with Crippen LogP contribution in [0, 0.1) is 11.3 Å². The van der Waals surface area contributed by atoms with Gasteiger partial charge in [-0.25, -0.2) is 10.2 Å². The molecule has 0 saturated carbocycles. The lowest BCUT2D eigenvalue weighted by Crippen LogP contribution is -2.61. The number of hydrazine groups is 1. The van der Waals surface area contributed by atoms with Gasteiger partial charge in [0.05, 0.1) is 16.6 Å². The van der Waals surface area contributed by atoms with E-state index in [1.807, 2.05) is 5.32 Å². The Morgan fingerprint density at radius 2 is 1.62 bits per heavy atom. The molecule has 19 heteroatoms. The maximum atomic E-state index is 14.0. The highest BCUT2D eigenvalue weighted by molar-refractivity contribution is 6.67. The number of pyridine rings is 1. The first-order chi connectivity index (χ1) is 25.7. The monoisotopic (exact) mass is 850 g/mol. The Hall–Kier alpha value is -3.86. The van der Waals surface area contributed by atoms with E-state index in [1.54, 1.807) is 58.0 Å². The molecule has 0 radical (unpaired) electrons. The largest absolute Gasteiger partial charge is 0.460 e. The fourth-order valence-electron chi connectivity index (χ4n) is 5.37. The number of esters is 1. The topological polar surface area (TPSA) is 168 Å². The van der Waals surface area contributed by atoms with Crippen LogP contribution in [0.3, 0.4) is 0 Å². The van der Waals surface area contributed by atoms with Crippen molar-refractivity contribution in [3.8, 4) is 0 Å². The van der Waals surface area contributed by atoms with Gasteiger partial charge in [0.2, 0.25) is 15.6 Å². The van der Waals surface area contributed by atoms with Gasteiger partial charge in [0, 0.05) is 11.9 Å². The van der Waals surface area contributed by atoms with Gasteiger partial charge in [0.1, 0.15) is 30.3 Å². The van der Waals surface area contributed by atoms with Gasteiger partial charge in [-0.15, -0.1) is 0 Å². The van der Waals surface area contributed by atoms with Crippen LogP contribution in [0.15, 0.2) is 36.4 Å². The molecular formula is C37H48Cl3F3N6O7. The third-order valence-electron chi connectivity index (χ3n) is 8.38. The molecule has 1 fully saturated rings. The minimum Gasteiger partial charge on any atom is -0.460 e. The van der Waals surface area contributed by atoms with E-state index in [-0.39, 0.29) is 12.1 Å². The zero-order chi connectivity index (χ0) is 42.4. The number of rotatable bonds is 12. The van der Waals surface area contributed by atoms with Crippen molar-refractivity contribution in [2.24, 2.45) is 11.3 Å². The average molecular weight is 852 g/mol. The molecule has 310 valence electrons. The highest BCUT2D eigenvalue weighted by atomic mass is 35.6. The number of benzene rings is 1. The van der Waals surface area contributed by atoms with Crippen molar-refractivity contribution in [3.63, 3.8) is 0 Å². The minimum atomic E-state index is -4.87. The number of halogens is 6. The van der Waals surface area contributed by atoms with E-state index in [9.17, 15) is 37.1 Å². The maximum Gasteiger partial charge on any atom is 0.414 e. The summed E-state index contributed by atoms with van der Waals surface area (Å²) in [5, 5.41) is 9.01. The Morgan fingerprint density at radius 3 is 2.21 bits per heavy atom. The summed E-state index contributed by atoms with van der Waals surface area (Å²) in [6, 6.07) is 2.14. The van der Waals surface area contributed by atoms with Crippen molar-refractivity contribution in [2.45, 2.75) is 108 Å². The minimum absolute atomic E-state index is 0.211. The van der Waals surface area contributed by atoms with E-state index in [2.05, 4.69) is 21.0 Å². The second-order valence-corrected chi connectivity index (χ2v) is 17.8. The Bertz CT molecular complexity index is 1800. The maximum absolute atomic E-state index is 14.0. The van der Waals surface area contributed by atoms with E-state index in [0.717, 1.165) is 0 Å². The molecule has 1 aromatic carbocycles. The number of alkyl halides is 6. The Balaban J connectivity index is 1.69. The normalized spacial score (nSPS) is 17.3. The molecule has 2 aromatic rings. The molecule has 56 heavy (non-hydrogen) atoms. The predicted molar refractivity (Wildman–Crippen MR) is 206 cm³/mol. The number of nitrogens with zero attached hydrogens (tertiary/aromatic N) is 2. The molecule has 2 heterocycles. The van der Waals surface area contributed by atoms with Crippen LogP contribution in [0.4, 0.5) is 18.0 Å². The summed E-state index contributed by atoms with van der Waals surface area (Å²) in [6.45, 7) is 12.5. The van der Waals surface area contributed by atoms with E-state index in [1.165, 1.54) is 44.8 Å². The molecule has 1 aliphatic heterocycles. The lowest BCUT2D eigenvalue weighted by atomic mass is 9.89. The number of carbonyl (C=O) groups is 5. The van der Waals surface area contributed by atoms with Gasteiger partial charge in [0.25, 0.3) is 5.91 Å². The quantitative estimate of drug-likeness (QED) is 0.139. The van der Waals surface area contributed by atoms with Gasteiger partial charge in [-0.3, -0.25) is 29.2 Å². The summed E-state index contributed by atoms with van der Waals surface area (Å²) < 4.78 is 50.3. The molecule has 0 bridgehead atoms. The molecule has 1 aromatic heterocycles. The molecule has 3 rings (SSSR count). The summed E-state index contributed by atoms with van der Waals surface area (Å²) in [5.41, 5.74) is 0.877. The van der Waals surface area contributed by atoms with Crippen LogP contribution in [-0.2, 0) is 28.7 Å². The van der Waals surface area contributed by atoms with E-state index in [0.29, 0.717) is 23.8 Å². The molecule has 13 nitrogen and oxygen atoms in total. The first kappa shape index (κ1) is 46.5. The second-order valence-electron chi connectivity index (χ2n) is 15.3. The first-order valence-corrected chi connectivity index (χ1v) is 18.9. The van der Waals surface area contributed by atoms with Crippen molar-refractivity contribution in [1.82, 2.24) is 31.4 Å². The van der Waals surface area contributed by atoms with Gasteiger partial charge in [0.15, 0.2) is 6.04 Å².